The lowest BCUT2D eigenvalue weighted by atomic mass is 10.2. The van der Waals surface area contributed by atoms with Crippen molar-refractivity contribution in [2.45, 2.75) is 23.5 Å². The van der Waals surface area contributed by atoms with E-state index >= 15 is 0 Å². The lowest BCUT2D eigenvalue weighted by molar-refractivity contribution is -0.174. The number of nitrogens with one attached hydrogen (secondary N) is 2. The molecule has 0 aliphatic carbocycles. The zero-order valence-electron chi connectivity index (χ0n) is 12.4. The second-order valence-corrected chi connectivity index (χ2v) is 6.84. The zero-order chi connectivity index (χ0) is 19.4. The molecule has 1 aromatic carbocycles. The number of carbonyl (C=O) groups is 2. The van der Waals surface area contributed by atoms with E-state index in [-0.39, 0.29) is 17.3 Å². The molecular weight excluding hydrogens is 389 g/mol. The minimum atomic E-state index is -5.24. The van der Waals surface area contributed by atoms with Gasteiger partial charge < -0.3 is 16.8 Å². The van der Waals surface area contributed by atoms with E-state index in [0.717, 1.165) is 12.1 Å². The van der Waals surface area contributed by atoms with Gasteiger partial charge in [0, 0.05) is 0 Å². The van der Waals surface area contributed by atoms with Gasteiger partial charge in [0.25, 0.3) is 15.9 Å². The van der Waals surface area contributed by atoms with Crippen LogP contribution in [0.1, 0.15) is 6.42 Å². The molecule has 1 aromatic rings. The smallest absolute Gasteiger partial charge is 0.398 e. The number of halogens is 4. The van der Waals surface area contributed by atoms with E-state index in [4.69, 9.17) is 23.1 Å². The van der Waals surface area contributed by atoms with E-state index in [1.54, 1.807) is 4.72 Å². The molecule has 0 aliphatic heterocycles. The Bertz CT molecular complexity index is 770. The number of hydrogen-bond acceptors (Lipinski definition) is 6. The molecule has 1 unspecified atom stereocenters. The molecule has 0 radical (unpaired) electrons. The molecule has 140 valence electrons. The average molecular weight is 403 g/mol. The van der Waals surface area contributed by atoms with E-state index < -0.39 is 45.4 Å². The first kappa shape index (κ1) is 21.0. The van der Waals surface area contributed by atoms with Gasteiger partial charge in [-0.3, -0.25) is 9.59 Å². The molecule has 0 heterocycles. The fourth-order valence-corrected chi connectivity index (χ4v) is 2.90. The Morgan fingerprint density at radius 3 is 2.36 bits per heavy atom. The molecule has 0 spiro atoms. The number of nitrogen functional groups attached to an aromatic ring is 1. The first-order valence-corrected chi connectivity index (χ1v) is 8.44. The van der Waals surface area contributed by atoms with Gasteiger partial charge >= 0.3 is 12.1 Å². The SMILES string of the molecule is NCCC(NC(=O)C(F)(F)F)C(=O)NS(=O)(=O)c1ccc(N)c(Cl)c1. The lowest BCUT2D eigenvalue weighted by Crippen LogP contribution is -2.52. The molecule has 0 aromatic heterocycles. The van der Waals surface area contributed by atoms with Crippen LogP contribution >= 0.6 is 11.6 Å². The molecule has 6 N–H and O–H groups in total. The fraction of sp³-hybridized carbons (Fsp3) is 0.333. The quantitative estimate of drug-likeness (QED) is 0.497. The van der Waals surface area contributed by atoms with Crippen molar-refractivity contribution >= 4 is 39.1 Å². The van der Waals surface area contributed by atoms with Crippen molar-refractivity contribution in [3.63, 3.8) is 0 Å². The summed E-state index contributed by atoms with van der Waals surface area (Å²) in [5.41, 5.74) is 10.7. The van der Waals surface area contributed by atoms with Crippen LogP contribution in [0.2, 0.25) is 5.02 Å². The third kappa shape index (κ3) is 5.76. The van der Waals surface area contributed by atoms with Crippen LogP contribution in [-0.4, -0.2) is 39.0 Å². The maximum absolute atomic E-state index is 12.3. The summed E-state index contributed by atoms with van der Waals surface area (Å²) in [6.45, 7) is -0.274. The predicted octanol–water partition coefficient (Wildman–Crippen LogP) is 0.123. The normalized spacial score (nSPS) is 13.2. The van der Waals surface area contributed by atoms with Crippen LogP contribution in [0, 0.1) is 0 Å². The van der Waals surface area contributed by atoms with Gasteiger partial charge in [0.1, 0.15) is 6.04 Å². The number of carbonyl (C=O) groups excluding carboxylic acids is 2. The Labute approximate surface area is 145 Å². The highest BCUT2D eigenvalue weighted by atomic mass is 35.5. The highest BCUT2D eigenvalue weighted by Gasteiger charge is 2.41. The molecule has 8 nitrogen and oxygen atoms in total. The van der Waals surface area contributed by atoms with Gasteiger partial charge in [-0.1, -0.05) is 11.6 Å². The van der Waals surface area contributed by atoms with Crippen molar-refractivity contribution in [1.82, 2.24) is 10.0 Å². The van der Waals surface area contributed by atoms with Crippen molar-refractivity contribution in [3.8, 4) is 0 Å². The number of nitrogens with two attached hydrogens (primary N) is 2. The average Bonchev–Trinajstić information content (AvgIpc) is 2.47. The molecule has 0 saturated carbocycles. The number of sulfonamides is 1. The van der Waals surface area contributed by atoms with Gasteiger partial charge in [-0.25, -0.2) is 13.1 Å². The van der Waals surface area contributed by atoms with E-state index in [2.05, 4.69) is 0 Å². The molecule has 0 fully saturated rings. The van der Waals surface area contributed by atoms with Crippen molar-refractivity contribution in [2.24, 2.45) is 5.73 Å². The van der Waals surface area contributed by atoms with E-state index in [0.29, 0.717) is 0 Å². The summed E-state index contributed by atoms with van der Waals surface area (Å²) in [5.74, 6) is -3.77. The van der Waals surface area contributed by atoms with Gasteiger partial charge in [-0.05, 0) is 31.2 Å². The summed E-state index contributed by atoms with van der Waals surface area (Å²) in [6, 6.07) is 1.38. The second-order valence-electron chi connectivity index (χ2n) is 4.75. The third-order valence-corrected chi connectivity index (χ3v) is 4.52. The first-order valence-electron chi connectivity index (χ1n) is 6.58. The Morgan fingerprint density at radius 1 is 1.28 bits per heavy atom. The first-order chi connectivity index (χ1) is 11.4. The summed E-state index contributed by atoms with van der Waals surface area (Å²) in [5, 5.41) is 1.29. The topological polar surface area (TPSA) is 144 Å². The summed E-state index contributed by atoms with van der Waals surface area (Å²) < 4.78 is 62.6. The Hall–Kier alpha value is -2.05. The van der Waals surface area contributed by atoms with Gasteiger partial charge in [-0.2, -0.15) is 13.2 Å². The number of amides is 2. The zero-order valence-corrected chi connectivity index (χ0v) is 14.0. The van der Waals surface area contributed by atoms with Crippen LogP contribution in [0.4, 0.5) is 18.9 Å². The maximum Gasteiger partial charge on any atom is 0.471 e. The molecule has 25 heavy (non-hydrogen) atoms. The highest BCUT2D eigenvalue weighted by molar-refractivity contribution is 7.90. The molecule has 1 atom stereocenters. The van der Waals surface area contributed by atoms with Gasteiger partial charge in [0.15, 0.2) is 0 Å². The van der Waals surface area contributed by atoms with Gasteiger partial charge in [0.05, 0.1) is 15.6 Å². The number of hydrogen-bond donors (Lipinski definition) is 4. The van der Waals surface area contributed by atoms with Crippen molar-refractivity contribution in [1.29, 1.82) is 0 Å². The summed E-state index contributed by atoms with van der Waals surface area (Å²) in [7, 11) is -4.45. The summed E-state index contributed by atoms with van der Waals surface area (Å²) >= 11 is 5.69. The Balaban J connectivity index is 2.98. The van der Waals surface area contributed by atoms with Crippen molar-refractivity contribution in [3.05, 3.63) is 23.2 Å². The van der Waals surface area contributed by atoms with Crippen LogP contribution < -0.4 is 21.5 Å². The largest absolute Gasteiger partial charge is 0.471 e. The number of rotatable bonds is 6. The maximum atomic E-state index is 12.3. The van der Waals surface area contributed by atoms with Crippen molar-refractivity contribution < 1.29 is 31.2 Å². The minimum Gasteiger partial charge on any atom is -0.398 e. The van der Waals surface area contributed by atoms with Crippen LogP contribution in [-0.2, 0) is 19.6 Å². The van der Waals surface area contributed by atoms with Gasteiger partial charge in [-0.15, -0.1) is 0 Å². The fourth-order valence-electron chi connectivity index (χ4n) is 1.61. The van der Waals surface area contributed by atoms with E-state index in [9.17, 15) is 31.2 Å². The Kier molecular flexibility index (Phi) is 6.62. The number of anilines is 1. The standard InChI is InChI=1S/C12H14ClF3N4O4S/c13-7-5-6(1-2-8(7)18)25(23,24)20-10(21)9(3-4-17)19-11(22)12(14,15)16/h1-2,5,9H,3-4,17-18H2,(H,19,22)(H,20,21). The molecule has 1 rings (SSSR count). The summed E-state index contributed by atoms with van der Waals surface area (Å²) in [4.78, 5) is 22.4. The number of alkyl halides is 3. The molecule has 13 heteroatoms. The number of benzene rings is 1. The highest BCUT2D eigenvalue weighted by Crippen LogP contribution is 2.22. The molecular formula is C12H14ClF3N4O4S. The monoisotopic (exact) mass is 402 g/mol. The van der Waals surface area contributed by atoms with E-state index in [1.165, 1.54) is 11.4 Å². The molecule has 0 saturated heterocycles. The molecule has 0 aliphatic rings. The van der Waals surface area contributed by atoms with Crippen LogP contribution in [0.15, 0.2) is 23.1 Å². The summed E-state index contributed by atoms with van der Waals surface area (Å²) in [6.07, 6.45) is -5.65. The van der Waals surface area contributed by atoms with Crippen molar-refractivity contribution in [2.75, 3.05) is 12.3 Å². The van der Waals surface area contributed by atoms with Gasteiger partial charge in [0.2, 0.25) is 0 Å². The minimum absolute atomic E-state index is 0.0883. The lowest BCUT2D eigenvalue weighted by Gasteiger charge is -2.18. The van der Waals surface area contributed by atoms with Crippen LogP contribution in [0.5, 0.6) is 0 Å². The molecule has 0 bridgehead atoms. The third-order valence-electron chi connectivity index (χ3n) is 2.85. The Morgan fingerprint density at radius 2 is 1.88 bits per heavy atom. The van der Waals surface area contributed by atoms with Crippen LogP contribution in [0.3, 0.4) is 0 Å². The van der Waals surface area contributed by atoms with Crippen LogP contribution in [0.25, 0.3) is 0 Å². The molecule has 2 amide bonds. The second kappa shape index (κ2) is 7.89. The van der Waals surface area contributed by atoms with E-state index in [1.807, 2.05) is 0 Å². The predicted molar refractivity (Wildman–Crippen MR) is 82.9 cm³/mol.